The number of anilines is 2. The highest BCUT2D eigenvalue weighted by atomic mass is 35.5. The minimum Gasteiger partial charge on any atom is -0.463 e. The molecule has 0 amide bonds. The molecule has 1 aliphatic rings. The summed E-state index contributed by atoms with van der Waals surface area (Å²) in [4.78, 5) is 16.0. The molecular formula is C25H31ClN2O2. The van der Waals surface area contributed by atoms with Crippen LogP contribution in [0, 0.1) is 0 Å². The molecule has 0 N–H and O–H groups in total. The molecule has 1 aliphatic heterocycles. The van der Waals surface area contributed by atoms with E-state index in [4.69, 9.17) is 16.3 Å². The zero-order valence-electron chi connectivity index (χ0n) is 17.9. The molecule has 0 atom stereocenters. The Morgan fingerprint density at radius 1 is 1.13 bits per heavy atom. The third-order valence-electron chi connectivity index (χ3n) is 5.41. The molecule has 0 saturated heterocycles. The van der Waals surface area contributed by atoms with E-state index in [2.05, 4.69) is 53.2 Å². The molecule has 30 heavy (non-hydrogen) atoms. The van der Waals surface area contributed by atoms with Gasteiger partial charge in [0, 0.05) is 35.6 Å². The Hall–Kier alpha value is -2.30. The van der Waals surface area contributed by atoms with Gasteiger partial charge in [0.2, 0.25) is 0 Å². The van der Waals surface area contributed by atoms with E-state index < -0.39 is 0 Å². The number of carbonyl (C=O) groups is 1. The number of ether oxygens (including phenoxy) is 1. The molecule has 3 rings (SSSR count). The van der Waals surface area contributed by atoms with Crippen molar-refractivity contribution in [1.82, 2.24) is 4.90 Å². The van der Waals surface area contributed by atoms with Crippen molar-refractivity contribution in [2.45, 2.75) is 32.6 Å². The van der Waals surface area contributed by atoms with Crippen LogP contribution in [0.2, 0.25) is 5.02 Å². The third kappa shape index (κ3) is 6.10. The Morgan fingerprint density at radius 3 is 2.70 bits per heavy atom. The minimum absolute atomic E-state index is 0.275. The van der Waals surface area contributed by atoms with Crippen LogP contribution in [0.4, 0.5) is 11.4 Å². The number of aryl methyl sites for hydroxylation is 2. The maximum Gasteiger partial charge on any atom is 0.330 e. The summed E-state index contributed by atoms with van der Waals surface area (Å²) in [6.07, 6.45) is 7.62. The third-order valence-corrected chi connectivity index (χ3v) is 5.65. The molecule has 5 heteroatoms. The van der Waals surface area contributed by atoms with Crippen LogP contribution in [-0.4, -0.2) is 44.2 Å². The van der Waals surface area contributed by atoms with Gasteiger partial charge in [0.1, 0.15) is 0 Å². The van der Waals surface area contributed by atoms with Gasteiger partial charge in [-0.2, -0.15) is 0 Å². The SMILES string of the molecule is CCOC(=O)/C=C/CN(C)CCCCN1c2ccccc2CCc2ccc(Cl)cc21. The topological polar surface area (TPSA) is 32.8 Å². The van der Waals surface area contributed by atoms with Crippen LogP contribution in [0.25, 0.3) is 0 Å². The van der Waals surface area contributed by atoms with Gasteiger partial charge in [-0.05, 0) is 75.5 Å². The van der Waals surface area contributed by atoms with Crippen molar-refractivity contribution in [3.05, 3.63) is 70.8 Å². The maximum absolute atomic E-state index is 11.4. The highest BCUT2D eigenvalue weighted by Gasteiger charge is 2.20. The van der Waals surface area contributed by atoms with E-state index in [1.165, 1.54) is 28.6 Å². The molecule has 0 bridgehead atoms. The average Bonchev–Trinajstić information content (AvgIpc) is 2.88. The van der Waals surface area contributed by atoms with E-state index in [9.17, 15) is 4.79 Å². The van der Waals surface area contributed by atoms with Crippen molar-refractivity contribution in [2.75, 3.05) is 38.2 Å². The molecule has 0 fully saturated rings. The molecule has 0 saturated carbocycles. The normalized spacial score (nSPS) is 13.3. The summed E-state index contributed by atoms with van der Waals surface area (Å²) in [6, 6.07) is 15.0. The number of halogens is 1. The first-order chi connectivity index (χ1) is 14.6. The fourth-order valence-electron chi connectivity index (χ4n) is 3.89. The van der Waals surface area contributed by atoms with Gasteiger partial charge in [-0.1, -0.05) is 41.9 Å². The van der Waals surface area contributed by atoms with E-state index in [-0.39, 0.29) is 5.97 Å². The Bertz CT molecular complexity index is 881. The highest BCUT2D eigenvalue weighted by Crippen LogP contribution is 2.37. The van der Waals surface area contributed by atoms with Crippen molar-refractivity contribution in [1.29, 1.82) is 0 Å². The smallest absolute Gasteiger partial charge is 0.330 e. The number of para-hydroxylation sites is 1. The van der Waals surface area contributed by atoms with Crippen LogP contribution in [0.15, 0.2) is 54.6 Å². The van der Waals surface area contributed by atoms with Crippen LogP contribution in [0.5, 0.6) is 0 Å². The van der Waals surface area contributed by atoms with Gasteiger partial charge >= 0.3 is 5.97 Å². The van der Waals surface area contributed by atoms with Gasteiger partial charge in [-0.3, -0.25) is 0 Å². The molecule has 1 heterocycles. The van der Waals surface area contributed by atoms with Gasteiger partial charge in [0.05, 0.1) is 6.61 Å². The Kier molecular flexibility index (Phi) is 8.35. The second-order valence-electron chi connectivity index (χ2n) is 7.68. The van der Waals surface area contributed by atoms with Gasteiger partial charge in [-0.25, -0.2) is 4.79 Å². The maximum atomic E-state index is 11.4. The molecule has 160 valence electrons. The number of fused-ring (bicyclic) bond motifs is 2. The molecular weight excluding hydrogens is 396 g/mol. The molecule has 2 aromatic carbocycles. The van der Waals surface area contributed by atoms with Crippen molar-refractivity contribution < 1.29 is 9.53 Å². The van der Waals surface area contributed by atoms with E-state index in [0.717, 1.165) is 50.3 Å². The summed E-state index contributed by atoms with van der Waals surface area (Å²) < 4.78 is 4.91. The van der Waals surface area contributed by atoms with E-state index >= 15 is 0 Å². The average molecular weight is 427 g/mol. The molecule has 4 nitrogen and oxygen atoms in total. The number of rotatable bonds is 9. The minimum atomic E-state index is -0.275. The van der Waals surface area contributed by atoms with Crippen molar-refractivity contribution in [3.63, 3.8) is 0 Å². The van der Waals surface area contributed by atoms with Gasteiger partial charge in [-0.15, -0.1) is 0 Å². The van der Waals surface area contributed by atoms with Crippen LogP contribution in [-0.2, 0) is 22.4 Å². The summed E-state index contributed by atoms with van der Waals surface area (Å²) in [6.45, 7) is 4.89. The molecule has 2 aromatic rings. The second-order valence-corrected chi connectivity index (χ2v) is 8.11. The van der Waals surface area contributed by atoms with Gasteiger partial charge in [0.25, 0.3) is 0 Å². The molecule has 0 spiro atoms. The molecule has 0 aromatic heterocycles. The van der Waals surface area contributed by atoms with Crippen LogP contribution in [0.3, 0.4) is 0 Å². The number of likely N-dealkylation sites (N-methyl/N-ethyl adjacent to an activating group) is 1. The first-order valence-electron chi connectivity index (χ1n) is 10.7. The lowest BCUT2D eigenvalue weighted by atomic mass is 10.0. The zero-order valence-corrected chi connectivity index (χ0v) is 18.7. The highest BCUT2D eigenvalue weighted by molar-refractivity contribution is 6.30. The number of hydrogen-bond acceptors (Lipinski definition) is 4. The monoisotopic (exact) mass is 426 g/mol. The summed E-state index contributed by atoms with van der Waals surface area (Å²) >= 11 is 6.34. The van der Waals surface area contributed by atoms with Crippen molar-refractivity contribution >= 4 is 28.9 Å². The lowest BCUT2D eigenvalue weighted by Gasteiger charge is -2.27. The van der Waals surface area contributed by atoms with Crippen LogP contribution >= 0.6 is 11.6 Å². The Morgan fingerprint density at radius 2 is 1.90 bits per heavy atom. The number of esters is 1. The largest absolute Gasteiger partial charge is 0.463 e. The van der Waals surface area contributed by atoms with E-state index in [0.29, 0.717) is 6.61 Å². The standard InChI is InChI=1S/C25H31ClN2O2/c1-3-30-25(29)11-8-17-27(2)16-6-7-18-28-23-10-5-4-9-20(23)12-13-21-14-15-22(26)19-24(21)28/h4-5,8-11,14-15,19H,3,6-7,12-13,16-18H2,1-2H3/b11-8+. The van der Waals surface area contributed by atoms with Crippen molar-refractivity contribution in [2.24, 2.45) is 0 Å². The summed E-state index contributed by atoms with van der Waals surface area (Å²) in [5.41, 5.74) is 5.28. The van der Waals surface area contributed by atoms with Crippen LogP contribution in [0.1, 0.15) is 30.9 Å². The predicted molar refractivity (Wildman–Crippen MR) is 125 cm³/mol. The lowest BCUT2D eigenvalue weighted by Crippen LogP contribution is -2.23. The fourth-order valence-corrected chi connectivity index (χ4v) is 4.05. The molecule has 0 radical (unpaired) electrons. The summed E-state index contributed by atoms with van der Waals surface area (Å²) in [5, 5.41) is 0.784. The molecule has 0 aliphatic carbocycles. The first-order valence-corrected chi connectivity index (χ1v) is 11.1. The van der Waals surface area contributed by atoms with Crippen molar-refractivity contribution in [3.8, 4) is 0 Å². The Labute approximate surface area is 185 Å². The number of nitrogens with zero attached hydrogens (tertiary/aromatic N) is 2. The van der Waals surface area contributed by atoms with E-state index in [1.807, 2.05) is 19.1 Å². The number of benzene rings is 2. The fraction of sp³-hybridized carbons (Fsp3) is 0.400. The lowest BCUT2D eigenvalue weighted by molar-refractivity contribution is -0.137. The zero-order chi connectivity index (χ0) is 21.3. The number of unbranched alkanes of at least 4 members (excludes halogenated alkanes) is 1. The predicted octanol–water partition coefficient (Wildman–Crippen LogP) is 5.41. The van der Waals surface area contributed by atoms with Gasteiger partial charge in [0.15, 0.2) is 0 Å². The van der Waals surface area contributed by atoms with Gasteiger partial charge < -0.3 is 14.5 Å². The summed E-state index contributed by atoms with van der Waals surface area (Å²) in [7, 11) is 2.08. The second kappa shape index (κ2) is 11.2. The number of hydrogen-bond donors (Lipinski definition) is 0. The number of carbonyl (C=O) groups excluding carboxylic acids is 1. The Balaban J connectivity index is 1.59. The molecule has 0 unspecified atom stereocenters. The van der Waals surface area contributed by atoms with Crippen LogP contribution < -0.4 is 4.90 Å². The van der Waals surface area contributed by atoms with E-state index in [1.54, 1.807) is 0 Å². The first kappa shape index (κ1) is 22.4. The quantitative estimate of drug-likeness (QED) is 0.305. The summed E-state index contributed by atoms with van der Waals surface area (Å²) in [5.74, 6) is -0.275.